The topological polar surface area (TPSA) is 183 Å². The third-order valence-electron chi connectivity index (χ3n) is 5.08. The van der Waals surface area contributed by atoms with Crippen molar-refractivity contribution in [2.75, 3.05) is 6.61 Å². The van der Waals surface area contributed by atoms with Gasteiger partial charge in [0.25, 0.3) is 0 Å². The Hall–Kier alpha value is -2.60. The molecule has 0 radical (unpaired) electrons. The van der Waals surface area contributed by atoms with Crippen LogP contribution in [0.3, 0.4) is 0 Å². The van der Waals surface area contributed by atoms with E-state index in [4.69, 9.17) is 19.3 Å². The van der Waals surface area contributed by atoms with Crippen LogP contribution in [0.4, 0.5) is 0 Å². The molecule has 1 heterocycles. The van der Waals surface area contributed by atoms with Crippen molar-refractivity contribution in [3.63, 3.8) is 0 Å². The molecule has 1 aromatic rings. The monoisotopic (exact) mass is 458 g/mol. The molecule has 0 amide bonds. The van der Waals surface area contributed by atoms with Crippen molar-refractivity contribution in [3.05, 3.63) is 17.7 Å². The minimum atomic E-state index is -1.92. The molecule has 0 bridgehead atoms. The van der Waals surface area contributed by atoms with Crippen molar-refractivity contribution in [2.45, 2.75) is 76.2 Å². The lowest BCUT2D eigenvalue weighted by Gasteiger charge is -2.38. The first-order valence-corrected chi connectivity index (χ1v) is 10.5. The first-order valence-electron chi connectivity index (χ1n) is 10.5. The van der Waals surface area contributed by atoms with E-state index >= 15 is 0 Å². The van der Waals surface area contributed by atoms with Gasteiger partial charge in [-0.1, -0.05) is 39.0 Å². The van der Waals surface area contributed by atoms with E-state index in [1.54, 1.807) is 0 Å². The lowest BCUT2D eigenvalue weighted by atomic mass is 9.99. The number of esters is 1. The van der Waals surface area contributed by atoms with Gasteiger partial charge < -0.3 is 44.8 Å². The minimum Gasteiger partial charge on any atom is -0.504 e. The molecular formula is C21H30O11. The Kier molecular flexibility index (Phi) is 9.51. The fourth-order valence-corrected chi connectivity index (χ4v) is 3.21. The Labute approximate surface area is 184 Å². The van der Waals surface area contributed by atoms with Crippen LogP contribution in [0.15, 0.2) is 12.1 Å². The van der Waals surface area contributed by atoms with Gasteiger partial charge >= 0.3 is 11.9 Å². The van der Waals surface area contributed by atoms with Gasteiger partial charge in [-0.15, -0.1) is 0 Å². The van der Waals surface area contributed by atoms with Crippen LogP contribution in [0.5, 0.6) is 17.2 Å². The zero-order valence-corrected chi connectivity index (χ0v) is 17.7. The maximum atomic E-state index is 12.3. The number of carbonyl (C=O) groups is 2. The molecule has 5 atom stereocenters. The van der Waals surface area contributed by atoms with Crippen LogP contribution in [0.25, 0.3) is 0 Å². The highest BCUT2D eigenvalue weighted by molar-refractivity contribution is 5.91. The molecule has 0 aliphatic carbocycles. The van der Waals surface area contributed by atoms with Crippen molar-refractivity contribution in [1.82, 2.24) is 0 Å². The number of aliphatic carboxylic acids is 1. The number of hydrogen-bond donors (Lipinski definition) is 6. The van der Waals surface area contributed by atoms with E-state index in [-0.39, 0.29) is 12.2 Å². The van der Waals surface area contributed by atoms with Crippen LogP contribution in [0.2, 0.25) is 0 Å². The maximum absolute atomic E-state index is 12.3. The van der Waals surface area contributed by atoms with Crippen molar-refractivity contribution in [3.8, 4) is 17.2 Å². The summed E-state index contributed by atoms with van der Waals surface area (Å²) in [4.78, 5) is 23.5. The van der Waals surface area contributed by atoms with Crippen LogP contribution in [-0.4, -0.2) is 79.9 Å². The van der Waals surface area contributed by atoms with Crippen LogP contribution in [0.1, 0.15) is 55.8 Å². The van der Waals surface area contributed by atoms with Gasteiger partial charge in [0.2, 0.25) is 12.0 Å². The van der Waals surface area contributed by atoms with Crippen molar-refractivity contribution in [1.29, 1.82) is 0 Å². The van der Waals surface area contributed by atoms with Gasteiger partial charge in [0.05, 0.1) is 12.2 Å². The first kappa shape index (κ1) is 25.7. The number of carboxylic acid groups (broad SMARTS) is 1. The Bertz CT molecular complexity index is 781. The minimum absolute atomic E-state index is 0.164. The molecule has 1 aromatic carbocycles. The summed E-state index contributed by atoms with van der Waals surface area (Å²) in [5, 5.41) is 58.7. The molecule has 32 heavy (non-hydrogen) atoms. The third-order valence-corrected chi connectivity index (χ3v) is 5.08. The fraction of sp³-hybridized carbons (Fsp3) is 0.619. The first-order chi connectivity index (χ1) is 15.2. The van der Waals surface area contributed by atoms with E-state index in [1.807, 2.05) is 0 Å². The molecule has 0 unspecified atom stereocenters. The number of aliphatic hydroxyl groups is 3. The van der Waals surface area contributed by atoms with Crippen LogP contribution in [0, 0.1) is 0 Å². The van der Waals surface area contributed by atoms with E-state index in [0.29, 0.717) is 6.42 Å². The summed E-state index contributed by atoms with van der Waals surface area (Å²) >= 11 is 0. The van der Waals surface area contributed by atoms with Gasteiger partial charge in [0.15, 0.2) is 17.6 Å². The maximum Gasteiger partial charge on any atom is 0.338 e. The lowest BCUT2D eigenvalue weighted by Crippen LogP contribution is -2.61. The van der Waals surface area contributed by atoms with Gasteiger partial charge in [-0.2, -0.15) is 0 Å². The van der Waals surface area contributed by atoms with Crippen molar-refractivity contribution in [2.24, 2.45) is 0 Å². The third kappa shape index (κ3) is 6.45. The molecule has 0 spiro atoms. The second-order valence-corrected chi connectivity index (χ2v) is 7.60. The largest absolute Gasteiger partial charge is 0.504 e. The number of hydrogen-bond acceptors (Lipinski definition) is 10. The van der Waals surface area contributed by atoms with Crippen LogP contribution in [-0.2, 0) is 14.3 Å². The molecule has 1 aliphatic rings. The molecule has 11 heteroatoms. The van der Waals surface area contributed by atoms with Gasteiger partial charge in [0.1, 0.15) is 18.3 Å². The van der Waals surface area contributed by atoms with E-state index in [1.165, 1.54) is 0 Å². The fourth-order valence-electron chi connectivity index (χ4n) is 3.21. The Balaban J connectivity index is 2.05. The number of carbonyl (C=O) groups excluding carboxylic acids is 1. The summed E-state index contributed by atoms with van der Waals surface area (Å²) in [5.74, 6) is -4.46. The van der Waals surface area contributed by atoms with E-state index in [2.05, 4.69) is 6.92 Å². The SMILES string of the molecule is CCCCCCCCOC(=O)c1cc(O)c(O)c(O[C@@H]2O[C@H](C(=O)O)[C@@H](O)[C@H](O)[C@H]2O)c1. The van der Waals surface area contributed by atoms with Gasteiger partial charge in [-0.3, -0.25) is 0 Å². The molecule has 0 aromatic heterocycles. The number of ether oxygens (including phenoxy) is 3. The summed E-state index contributed by atoms with van der Waals surface area (Å²) in [6.07, 6.45) is -3.48. The number of phenolic OH excluding ortho intramolecular Hbond substituents is 2. The lowest BCUT2D eigenvalue weighted by molar-refractivity contribution is -0.271. The van der Waals surface area contributed by atoms with E-state index < -0.39 is 59.9 Å². The second-order valence-electron chi connectivity index (χ2n) is 7.60. The quantitative estimate of drug-likeness (QED) is 0.157. The Morgan fingerprint density at radius 2 is 1.62 bits per heavy atom. The number of aromatic hydroxyl groups is 2. The second kappa shape index (κ2) is 11.9. The van der Waals surface area contributed by atoms with E-state index in [0.717, 1.165) is 44.2 Å². The number of carboxylic acids is 1. The molecule has 0 saturated carbocycles. The smallest absolute Gasteiger partial charge is 0.338 e. The highest BCUT2D eigenvalue weighted by Gasteiger charge is 2.48. The summed E-state index contributed by atoms with van der Waals surface area (Å²) in [7, 11) is 0. The highest BCUT2D eigenvalue weighted by Crippen LogP contribution is 2.38. The molecule has 11 nitrogen and oxygen atoms in total. The molecule has 1 aliphatic heterocycles. The standard InChI is InChI=1S/C21H30O11/c1-2-3-4-5-6-7-8-30-20(29)11-9-12(22)14(23)13(10-11)31-21-17(26)15(24)16(25)18(32-21)19(27)28/h9-10,15-18,21-26H,2-8H2,1H3,(H,27,28)/t15-,16-,17+,18-,21+/m0/s1. The van der Waals surface area contributed by atoms with Crippen LogP contribution >= 0.6 is 0 Å². The van der Waals surface area contributed by atoms with Gasteiger partial charge in [-0.05, 0) is 18.6 Å². The highest BCUT2D eigenvalue weighted by atomic mass is 16.7. The number of unbranched alkanes of at least 4 members (excludes halogenated alkanes) is 5. The van der Waals surface area contributed by atoms with Crippen LogP contribution < -0.4 is 4.74 Å². The van der Waals surface area contributed by atoms with Crippen molar-refractivity contribution < 1.29 is 54.4 Å². The summed E-state index contributed by atoms with van der Waals surface area (Å²) < 4.78 is 15.4. The zero-order chi connectivity index (χ0) is 23.8. The zero-order valence-electron chi connectivity index (χ0n) is 17.7. The molecular weight excluding hydrogens is 428 g/mol. The van der Waals surface area contributed by atoms with Crippen molar-refractivity contribution >= 4 is 11.9 Å². The van der Waals surface area contributed by atoms with E-state index in [9.17, 15) is 35.1 Å². The summed E-state index contributed by atoms with van der Waals surface area (Å²) in [6, 6.07) is 1.98. The Morgan fingerprint density at radius 3 is 2.28 bits per heavy atom. The van der Waals surface area contributed by atoms with Gasteiger partial charge in [-0.25, -0.2) is 9.59 Å². The predicted molar refractivity (Wildman–Crippen MR) is 108 cm³/mol. The number of phenols is 2. The number of rotatable bonds is 11. The molecule has 6 N–H and O–H groups in total. The number of benzene rings is 1. The average molecular weight is 458 g/mol. The summed E-state index contributed by atoms with van der Waals surface area (Å²) in [5.41, 5.74) is -0.165. The normalized spacial score (nSPS) is 25.3. The molecule has 2 rings (SSSR count). The summed E-state index contributed by atoms with van der Waals surface area (Å²) in [6.45, 7) is 2.28. The molecule has 1 fully saturated rings. The van der Waals surface area contributed by atoms with Gasteiger partial charge in [0, 0.05) is 0 Å². The average Bonchev–Trinajstić information content (AvgIpc) is 2.75. The Morgan fingerprint density at radius 1 is 0.969 bits per heavy atom. The predicted octanol–water partition coefficient (Wildman–Crippen LogP) is 0.886. The molecule has 180 valence electrons. The number of aliphatic hydroxyl groups excluding tert-OH is 3. The molecule has 1 saturated heterocycles.